The number of nitrogens with zero attached hydrogens (tertiary/aromatic N) is 2. The summed E-state index contributed by atoms with van der Waals surface area (Å²) in [6, 6.07) is 17.7. The molecule has 1 unspecified atom stereocenters. The van der Waals surface area contributed by atoms with Gasteiger partial charge in [-0.3, -0.25) is 9.89 Å². The number of nitrogens with one attached hydrogen (secondary N) is 2. The van der Waals surface area contributed by atoms with Gasteiger partial charge in [-0.15, -0.1) is 0 Å². The molecule has 0 bridgehead atoms. The standard InChI is InChI=1S/C24H27ClN4O2/c1-31-22-7-3-2-5-18(22)10-13-24(30)26-20-6-4-14-29(16-20)23-15-21(27-28-23)17-8-11-19(25)12-9-17/h2-3,5,7-9,11-12,15,20H,4,6,10,13-14,16H2,1H3,(H,26,30)(H,27,28). The van der Waals surface area contributed by atoms with E-state index in [2.05, 4.69) is 26.5 Å². The Kier molecular flexibility index (Phi) is 6.77. The van der Waals surface area contributed by atoms with Crippen LogP contribution in [0.3, 0.4) is 0 Å². The van der Waals surface area contributed by atoms with Gasteiger partial charge in [0.15, 0.2) is 5.82 Å². The van der Waals surface area contributed by atoms with Crippen LogP contribution < -0.4 is 15.0 Å². The Balaban J connectivity index is 1.32. The van der Waals surface area contributed by atoms with Crippen molar-refractivity contribution in [2.24, 2.45) is 0 Å². The van der Waals surface area contributed by atoms with E-state index in [1.807, 2.05) is 48.5 Å². The fraction of sp³-hybridized carbons (Fsp3) is 0.333. The number of ether oxygens (including phenoxy) is 1. The average molecular weight is 439 g/mol. The van der Waals surface area contributed by atoms with Crippen molar-refractivity contribution in [1.82, 2.24) is 15.5 Å². The smallest absolute Gasteiger partial charge is 0.220 e. The number of benzene rings is 2. The molecule has 1 aromatic heterocycles. The zero-order chi connectivity index (χ0) is 21.6. The maximum absolute atomic E-state index is 12.5. The second kappa shape index (κ2) is 9.88. The van der Waals surface area contributed by atoms with Gasteiger partial charge >= 0.3 is 0 Å². The number of carbonyl (C=O) groups is 1. The van der Waals surface area contributed by atoms with Crippen molar-refractivity contribution >= 4 is 23.3 Å². The second-order valence-corrected chi connectivity index (χ2v) is 8.25. The molecule has 1 aliphatic rings. The Morgan fingerprint density at radius 1 is 1.26 bits per heavy atom. The van der Waals surface area contributed by atoms with E-state index < -0.39 is 0 Å². The van der Waals surface area contributed by atoms with Crippen molar-refractivity contribution in [3.63, 3.8) is 0 Å². The number of H-pyrrole nitrogens is 1. The Labute approximate surface area is 187 Å². The average Bonchev–Trinajstić information content (AvgIpc) is 3.29. The number of anilines is 1. The quantitative estimate of drug-likeness (QED) is 0.571. The molecule has 0 radical (unpaired) electrons. The van der Waals surface area contributed by atoms with Gasteiger partial charge in [-0.1, -0.05) is 41.9 Å². The van der Waals surface area contributed by atoms with Gasteiger partial charge in [0, 0.05) is 36.6 Å². The first kappa shape index (κ1) is 21.2. The van der Waals surface area contributed by atoms with Crippen molar-refractivity contribution in [2.75, 3.05) is 25.1 Å². The van der Waals surface area contributed by atoms with Crippen molar-refractivity contribution in [1.29, 1.82) is 0 Å². The molecule has 1 fully saturated rings. The van der Waals surface area contributed by atoms with E-state index in [1.165, 1.54) is 0 Å². The number of methoxy groups -OCH3 is 1. The van der Waals surface area contributed by atoms with Crippen molar-refractivity contribution in [2.45, 2.75) is 31.7 Å². The molecular weight excluding hydrogens is 412 g/mol. The fourth-order valence-electron chi connectivity index (χ4n) is 4.01. The van der Waals surface area contributed by atoms with E-state index in [-0.39, 0.29) is 11.9 Å². The van der Waals surface area contributed by atoms with E-state index >= 15 is 0 Å². The third-order valence-electron chi connectivity index (χ3n) is 5.64. The molecule has 1 amide bonds. The number of hydrogen-bond donors (Lipinski definition) is 2. The van der Waals surface area contributed by atoms with E-state index in [9.17, 15) is 4.79 Å². The fourth-order valence-corrected chi connectivity index (χ4v) is 4.14. The summed E-state index contributed by atoms with van der Waals surface area (Å²) >= 11 is 5.98. The van der Waals surface area contributed by atoms with Gasteiger partial charge in [-0.2, -0.15) is 5.10 Å². The maximum atomic E-state index is 12.5. The van der Waals surface area contributed by atoms with Gasteiger partial charge < -0.3 is 15.0 Å². The highest BCUT2D eigenvalue weighted by Crippen LogP contribution is 2.25. The molecule has 0 aliphatic carbocycles. The molecule has 4 rings (SSSR count). The molecule has 162 valence electrons. The number of amides is 1. The lowest BCUT2D eigenvalue weighted by atomic mass is 10.0. The van der Waals surface area contributed by atoms with E-state index in [0.717, 1.165) is 54.3 Å². The Morgan fingerprint density at radius 2 is 2.06 bits per heavy atom. The van der Waals surface area contributed by atoms with Gasteiger partial charge in [0.1, 0.15) is 5.75 Å². The predicted octanol–water partition coefficient (Wildman–Crippen LogP) is 4.46. The summed E-state index contributed by atoms with van der Waals surface area (Å²) < 4.78 is 5.38. The lowest BCUT2D eigenvalue weighted by Gasteiger charge is -2.33. The highest BCUT2D eigenvalue weighted by molar-refractivity contribution is 6.30. The normalized spacial score (nSPS) is 16.2. The van der Waals surface area contributed by atoms with E-state index in [0.29, 0.717) is 17.9 Å². The van der Waals surface area contributed by atoms with E-state index in [4.69, 9.17) is 16.3 Å². The van der Waals surface area contributed by atoms with Crippen LogP contribution in [0.2, 0.25) is 5.02 Å². The Morgan fingerprint density at radius 3 is 2.87 bits per heavy atom. The van der Waals surface area contributed by atoms with Crippen LogP contribution >= 0.6 is 11.6 Å². The minimum atomic E-state index is 0.0710. The highest BCUT2D eigenvalue weighted by atomic mass is 35.5. The Hall–Kier alpha value is -2.99. The summed E-state index contributed by atoms with van der Waals surface area (Å²) in [7, 11) is 1.66. The number of aromatic nitrogens is 2. The number of hydrogen-bond acceptors (Lipinski definition) is 4. The van der Waals surface area contributed by atoms with Crippen molar-refractivity contribution < 1.29 is 9.53 Å². The van der Waals surface area contributed by atoms with Gasteiger partial charge in [-0.25, -0.2) is 0 Å². The summed E-state index contributed by atoms with van der Waals surface area (Å²) in [6.45, 7) is 1.68. The monoisotopic (exact) mass is 438 g/mol. The van der Waals surface area contributed by atoms with Crippen LogP contribution in [0.15, 0.2) is 54.6 Å². The minimum Gasteiger partial charge on any atom is -0.496 e. The van der Waals surface area contributed by atoms with Crippen LogP contribution in [-0.4, -0.2) is 42.3 Å². The van der Waals surface area contributed by atoms with Crippen LogP contribution in [0, 0.1) is 0 Å². The SMILES string of the molecule is COc1ccccc1CCC(=O)NC1CCCN(c2cc(-c3ccc(Cl)cc3)[nH]n2)C1. The first-order valence-electron chi connectivity index (χ1n) is 10.6. The molecule has 2 N–H and O–H groups in total. The highest BCUT2D eigenvalue weighted by Gasteiger charge is 2.23. The van der Waals surface area contributed by atoms with Crippen LogP contribution in [0.5, 0.6) is 5.75 Å². The number of para-hydroxylation sites is 1. The van der Waals surface area contributed by atoms with Gasteiger partial charge in [0.25, 0.3) is 0 Å². The molecule has 2 aromatic carbocycles. The second-order valence-electron chi connectivity index (χ2n) is 7.81. The molecule has 1 aliphatic heterocycles. The topological polar surface area (TPSA) is 70.2 Å². The van der Waals surface area contributed by atoms with Crippen molar-refractivity contribution in [3.8, 4) is 17.0 Å². The number of rotatable bonds is 7. The minimum absolute atomic E-state index is 0.0710. The van der Waals surface area contributed by atoms with Crippen LogP contribution in [0.1, 0.15) is 24.8 Å². The summed E-state index contributed by atoms with van der Waals surface area (Å²) in [5.41, 5.74) is 3.05. The number of piperidine rings is 1. The first-order chi connectivity index (χ1) is 15.1. The molecule has 6 nitrogen and oxygen atoms in total. The molecule has 7 heteroatoms. The zero-order valence-corrected chi connectivity index (χ0v) is 18.4. The molecule has 3 aromatic rings. The number of halogens is 1. The van der Waals surface area contributed by atoms with Crippen LogP contribution in [0.4, 0.5) is 5.82 Å². The summed E-state index contributed by atoms with van der Waals surface area (Å²) in [5, 5.41) is 11.5. The number of carbonyl (C=O) groups excluding carboxylic acids is 1. The lowest BCUT2D eigenvalue weighted by Crippen LogP contribution is -2.48. The molecular formula is C24H27ClN4O2. The zero-order valence-electron chi connectivity index (χ0n) is 17.6. The maximum Gasteiger partial charge on any atom is 0.220 e. The first-order valence-corrected chi connectivity index (χ1v) is 11.0. The number of aryl methyl sites for hydroxylation is 1. The van der Waals surface area contributed by atoms with Gasteiger partial charge in [0.2, 0.25) is 5.91 Å². The van der Waals surface area contributed by atoms with Crippen LogP contribution in [-0.2, 0) is 11.2 Å². The molecule has 0 saturated carbocycles. The Bertz CT molecular complexity index is 1020. The van der Waals surface area contributed by atoms with Gasteiger partial charge in [-0.05, 0) is 48.6 Å². The molecule has 1 saturated heterocycles. The third kappa shape index (κ3) is 5.39. The third-order valence-corrected chi connectivity index (χ3v) is 5.90. The summed E-state index contributed by atoms with van der Waals surface area (Å²) in [4.78, 5) is 14.8. The molecule has 2 heterocycles. The summed E-state index contributed by atoms with van der Waals surface area (Å²) in [5.74, 6) is 1.80. The molecule has 1 atom stereocenters. The predicted molar refractivity (Wildman–Crippen MR) is 124 cm³/mol. The largest absolute Gasteiger partial charge is 0.496 e. The van der Waals surface area contributed by atoms with Gasteiger partial charge in [0.05, 0.1) is 12.8 Å². The van der Waals surface area contributed by atoms with Crippen molar-refractivity contribution in [3.05, 3.63) is 65.2 Å². The van der Waals surface area contributed by atoms with Crippen LogP contribution in [0.25, 0.3) is 11.3 Å². The molecule has 31 heavy (non-hydrogen) atoms. The molecule has 0 spiro atoms. The van der Waals surface area contributed by atoms with E-state index in [1.54, 1.807) is 7.11 Å². The lowest BCUT2D eigenvalue weighted by molar-refractivity contribution is -0.121. The number of aromatic amines is 1. The summed E-state index contributed by atoms with van der Waals surface area (Å²) in [6.07, 6.45) is 3.10.